The summed E-state index contributed by atoms with van der Waals surface area (Å²) in [6.45, 7) is 0. The van der Waals surface area contributed by atoms with Crippen LogP contribution in [0.5, 0.6) is 0 Å². The highest BCUT2D eigenvalue weighted by Crippen LogP contribution is 2.41. The van der Waals surface area contributed by atoms with Crippen molar-refractivity contribution in [1.82, 2.24) is 4.90 Å². The van der Waals surface area contributed by atoms with Crippen LogP contribution in [0.15, 0.2) is 0 Å². The number of fused-ring (bicyclic) bond motifs is 2. The minimum Gasteiger partial charge on any atom is -0.469 e. The third-order valence-electron chi connectivity index (χ3n) is 3.48. The van der Waals surface area contributed by atoms with Crippen molar-refractivity contribution in [3.8, 4) is 0 Å². The summed E-state index contributed by atoms with van der Waals surface area (Å²) in [4.78, 5) is 24.6. The van der Waals surface area contributed by atoms with Gasteiger partial charge in [-0.3, -0.25) is 9.59 Å². The minimum atomic E-state index is -0.168. The fourth-order valence-corrected chi connectivity index (χ4v) is 2.69. The van der Waals surface area contributed by atoms with Gasteiger partial charge in [0.1, 0.15) is 0 Å². The molecule has 0 aromatic rings. The van der Waals surface area contributed by atoms with E-state index in [4.69, 9.17) is 4.74 Å². The molecule has 1 amide bonds. The first-order valence-electron chi connectivity index (χ1n) is 4.97. The number of rotatable bonds is 1. The molecule has 0 aromatic heterocycles. The average Bonchev–Trinajstić information content (AvgIpc) is 2.54. The monoisotopic (exact) mass is 197 g/mol. The van der Waals surface area contributed by atoms with Crippen molar-refractivity contribution < 1.29 is 14.3 Å². The average molecular weight is 197 g/mol. The molecule has 2 rings (SSSR count). The van der Waals surface area contributed by atoms with E-state index in [1.807, 2.05) is 0 Å². The molecule has 1 saturated carbocycles. The first-order chi connectivity index (χ1) is 6.63. The fourth-order valence-electron chi connectivity index (χ4n) is 2.69. The number of likely N-dealkylation sites (tertiary alicyclic amines) is 1. The topological polar surface area (TPSA) is 46.6 Å². The second-order valence-corrected chi connectivity index (χ2v) is 4.24. The van der Waals surface area contributed by atoms with Gasteiger partial charge in [0.05, 0.1) is 13.0 Å². The summed E-state index contributed by atoms with van der Waals surface area (Å²) in [5, 5.41) is 0. The van der Waals surface area contributed by atoms with Crippen molar-refractivity contribution in [2.75, 3.05) is 14.2 Å². The standard InChI is InChI=1S/C10H15NO3/c1-11-8-4-6(5-9(11)12)3-7(8)10(13)14-2/h6-8H,3-5H2,1-2H3/t6-,7+,8-/m0/s1. The Labute approximate surface area is 83.2 Å². The van der Waals surface area contributed by atoms with E-state index in [2.05, 4.69) is 0 Å². The molecular weight excluding hydrogens is 182 g/mol. The van der Waals surface area contributed by atoms with Gasteiger partial charge in [0, 0.05) is 19.5 Å². The summed E-state index contributed by atoms with van der Waals surface area (Å²) < 4.78 is 4.75. The van der Waals surface area contributed by atoms with Crippen LogP contribution >= 0.6 is 0 Å². The van der Waals surface area contributed by atoms with Crippen LogP contribution in [0.25, 0.3) is 0 Å². The quantitative estimate of drug-likeness (QED) is 0.572. The van der Waals surface area contributed by atoms with Gasteiger partial charge >= 0.3 is 5.97 Å². The smallest absolute Gasteiger partial charge is 0.310 e. The van der Waals surface area contributed by atoms with Crippen molar-refractivity contribution in [3.63, 3.8) is 0 Å². The number of ether oxygens (including phenoxy) is 1. The molecule has 0 aromatic carbocycles. The van der Waals surface area contributed by atoms with Gasteiger partial charge in [-0.05, 0) is 18.8 Å². The van der Waals surface area contributed by atoms with E-state index in [0.717, 1.165) is 12.8 Å². The summed E-state index contributed by atoms with van der Waals surface area (Å²) in [6.07, 6.45) is 2.37. The van der Waals surface area contributed by atoms with Gasteiger partial charge in [0.25, 0.3) is 0 Å². The molecule has 2 bridgehead atoms. The van der Waals surface area contributed by atoms with E-state index in [1.54, 1.807) is 11.9 Å². The molecule has 0 unspecified atom stereocenters. The Balaban J connectivity index is 2.17. The molecule has 0 spiro atoms. The molecule has 1 saturated heterocycles. The summed E-state index contributed by atoms with van der Waals surface area (Å²) >= 11 is 0. The third kappa shape index (κ3) is 1.29. The Morgan fingerprint density at radius 2 is 2.21 bits per heavy atom. The van der Waals surface area contributed by atoms with E-state index >= 15 is 0 Å². The van der Waals surface area contributed by atoms with Crippen molar-refractivity contribution in [3.05, 3.63) is 0 Å². The number of piperidine rings is 1. The van der Waals surface area contributed by atoms with Gasteiger partial charge in [0.2, 0.25) is 5.91 Å². The highest BCUT2D eigenvalue weighted by molar-refractivity contribution is 5.81. The highest BCUT2D eigenvalue weighted by atomic mass is 16.5. The number of amides is 1. The van der Waals surface area contributed by atoms with E-state index < -0.39 is 0 Å². The molecule has 4 heteroatoms. The zero-order chi connectivity index (χ0) is 10.3. The van der Waals surface area contributed by atoms with Crippen LogP contribution in [-0.2, 0) is 14.3 Å². The zero-order valence-corrected chi connectivity index (χ0v) is 8.53. The molecule has 0 radical (unpaired) electrons. The molecule has 4 nitrogen and oxygen atoms in total. The minimum absolute atomic E-state index is 0.0775. The number of carbonyl (C=O) groups is 2. The summed E-state index contributed by atoms with van der Waals surface area (Å²) in [5.41, 5.74) is 0. The van der Waals surface area contributed by atoms with Crippen molar-refractivity contribution >= 4 is 11.9 Å². The molecule has 1 aliphatic heterocycles. The summed E-state index contributed by atoms with van der Waals surface area (Å²) in [6, 6.07) is 0.0775. The summed E-state index contributed by atoms with van der Waals surface area (Å²) in [7, 11) is 3.19. The van der Waals surface area contributed by atoms with Crippen molar-refractivity contribution in [2.45, 2.75) is 25.3 Å². The van der Waals surface area contributed by atoms with Gasteiger partial charge in [-0.2, -0.15) is 0 Å². The molecule has 78 valence electrons. The van der Waals surface area contributed by atoms with Crippen LogP contribution in [0.4, 0.5) is 0 Å². The van der Waals surface area contributed by atoms with Crippen LogP contribution in [-0.4, -0.2) is 37.0 Å². The Morgan fingerprint density at radius 3 is 2.86 bits per heavy atom. The van der Waals surface area contributed by atoms with Gasteiger partial charge < -0.3 is 9.64 Å². The second-order valence-electron chi connectivity index (χ2n) is 4.24. The van der Waals surface area contributed by atoms with E-state index in [0.29, 0.717) is 12.3 Å². The first kappa shape index (κ1) is 9.49. The molecule has 14 heavy (non-hydrogen) atoms. The predicted octanol–water partition coefficient (Wildman–Crippen LogP) is 0.416. The predicted molar refractivity (Wildman–Crippen MR) is 49.4 cm³/mol. The third-order valence-corrected chi connectivity index (χ3v) is 3.48. The highest BCUT2D eigenvalue weighted by Gasteiger charge is 2.46. The van der Waals surface area contributed by atoms with E-state index in [9.17, 15) is 9.59 Å². The number of methoxy groups -OCH3 is 1. The van der Waals surface area contributed by atoms with Crippen LogP contribution in [0.1, 0.15) is 19.3 Å². The fraction of sp³-hybridized carbons (Fsp3) is 0.800. The first-order valence-corrected chi connectivity index (χ1v) is 4.97. The van der Waals surface area contributed by atoms with Crippen molar-refractivity contribution in [2.24, 2.45) is 11.8 Å². The Morgan fingerprint density at radius 1 is 1.50 bits per heavy atom. The molecule has 2 aliphatic rings. The Hall–Kier alpha value is -1.06. The van der Waals surface area contributed by atoms with E-state index in [1.165, 1.54) is 7.11 Å². The Bertz CT molecular complexity index is 277. The number of esters is 1. The molecule has 0 N–H and O–H groups in total. The molecule has 1 aliphatic carbocycles. The van der Waals surface area contributed by atoms with Gasteiger partial charge in [-0.25, -0.2) is 0 Å². The lowest BCUT2D eigenvalue weighted by Crippen LogP contribution is -2.43. The van der Waals surface area contributed by atoms with Crippen LogP contribution in [0.3, 0.4) is 0 Å². The lowest BCUT2D eigenvalue weighted by atomic mass is 9.99. The number of hydrogen-bond donors (Lipinski definition) is 0. The lowest BCUT2D eigenvalue weighted by molar-refractivity contribution is -0.148. The number of hydrogen-bond acceptors (Lipinski definition) is 3. The van der Waals surface area contributed by atoms with Gasteiger partial charge in [-0.15, -0.1) is 0 Å². The van der Waals surface area contributed by atoms with Gasteiger partial charge in [-0.1, -0.05) is 0 Å². The Kier molecular flexibility index (Phi) is 2.21. The largest absolute Gasteiger partial charge is 0.469 e. The molecule has 1 heterocycles. The maximum atomic E-state index is 11.5. The van der Waals surface area contributed by atoms with Crippen LogP contribution < -0.4 is 0 Å². The lowest BCUT2D eigenvalue weighted by Gasteiger charge is -2.31. The normalized spacial score (nSPS) is 36.0. The number of carbonyl (C=O) groups excluding carboxylic acids is 2. The number of nitrogens with zero attached hydrogens (tertiary/aromatic N) is 1. The van der Waals surface area contributed by atoms with Crippen molar-refractivity contribution in [1.29, 1.82) is 0 Å². The maximum absolute atomic E-state index is 11.5. The maximum Gasteiger partial charge on any atom is 0.310 e. The van der Waals surface area contributed by atoms with E-state index in [-0.39, 0.29) is 23.8 Å². The molecule has 3 atom stereocenters. The molecular formula is C10H15NO3. The molecule has 2 fully saturated rings. The SMILES string of the molecule is COC(=O)[C@@H]1C[C@@H]2CC(=O)N(C)[C@H]1C2. The second kappa shape index (κ2) is 3.26. The summed E-state index contributed by atoms with van der Waals surface area (Å²) in [5.74, 6) is 0.297. The van der Waals surface area contributed by atoms with Gasteiger partial charge in [0.15, 0.2) is 0 Å². The zero-order valence-electron chi connectivity index (χ0n) is 8.53. The van der Waals surface area contributed by atoms with Crippen LogP contribution in [0.2, 0.25) is 0 Å². The van der Waals surface area contributed by atoms with Crippen LogP contribution in [0, 0.1) is 11.8 Å².